The first kappa shape index (κ1) is 16.3. The van der Waals surface area contributed by atoms with Gasteiger partial charge < -0.3 is 10.1 Å². The highest BCUT2D eigenvalue weighted by Crippen LogP contribution is 2.28. The van der Waals surface area contributed by atoms with Gasteiger partial charge in [0.15, 0.2) is 0 Å². The molecule has 126 valence electrons. The molecule has 8 nitrogen and oxygen atoms in total. The zero-order valence-electron chi connectivity index (χ0n) is 13.2. The third kappa shape index (κ3) is 3.33. The zero-order chi connectivity index (χ0) is 17.3. The van der Waals surface area contributed by atoms with Gasteiger partial charge in [-0.3, -0.25) is 14.9 Å². The topological polar surface area (TPSA) is 98.1 Å². The Morgan fingerprint density at radius 1 is 1.54 bits per heavy atom. The van der Waals surface area contributed by atoms with E-state index in [9.17, 15) is 9.59 Å². The lowest BCUT2D eigenvalue weighted by atomic mass is 10.0. The van der Waals surface area contributed by atoms with Gasteiger partial charge in [0, 0.05) is 11.4 Å². The van der Waals surface area contributed by atoms with Gasteiger partial charge in [0.1, 0.15) is 11.6 Å². The van der Waals surface area contributed by atoms with E-state index in [-0.39, 0.29) is 18.2 Å². The number of rotatable bonds is 4. The SMILES string of the molecule is COc1ccc(Cl)cc1NC(=O)CC1Cn2nc(C)nc2NC1=O. The van der Waals surface area contributed by atoms with Crippen LogP contribution in [0.2, 0.25) is 5.02 Å². The molecule has 1 aliphatic rings. The molecule has 1 aliphatic heterocycles. The normalized spacial score (nSPS) is 16.3. The van der Waals surface area contributed by atoms with Crippen LogP contribution in [0.5, 0.6) is 5.75 Å². The Kier molecular flexibility index (Phi) is 4.39. The molecule has 1 atom stereocenters. The summed E-state index contributed by atoms with van der Waals surface area (Å²) in [7, 11) is 1.50. The number of methoxy groups -OCH3 is 1. The molecule has 9 heteroatoms. The monoisotopic (exact) mass is 349 g/mol. The van der Waals surface area contributed by atoms with Crippen molar-refractivity contribution in [1.82, 2.24) is 14.8 Å². The summed E-state index contributed by atoms with van der Waals surface area (Å²) in [4.78, 5) is 28.5. The summed E-state index contributed by atoms with van der Waals surface area (Å²) < 4.78 is 6.78. The van der Waals surface area contributed by atoms with E-state index < -0.39 is 5.92 Å². The van der Waals surface area contributed by atoms with Crippen LogP contribution >= 0.6 is 11.6 Å². The molecule has 0 spiro atoms. The second-order valence-electron chi connectivity index (χ2n) is 5.45. The number of benzene rings is 1. The highest BCUT2D eigenvalue weighted by atomic mass is 35.5. The number of aromatic nitrogens is 3. The van der Waals surface area contributed by atoms with Gasteiger partial charge in [-0.25, -0.2) is 4.68 Å². The maximum atomic E-state index is 12.3. The zero-order valence-corrected chi connectivity index (χ0v) is 13.9. The van der Waals surface area contributed by atoms with E-state index in [2.05, 4.69) is 20.7 Å². The lowest BCUT2D eigenvalue weighted by molar-refractivity contribution is -0.126. The fraction of sp³-hybridized carbons (Fsp3) is 0.333. The molecule has 2 amide bonds. The largest absolute Gasteiger partial charge is 0.495 e. The number of fused-ring (bicyclic) bond motifs is 1. The van der Waals surface area contributed by atoms with Crippen LogP contribution in [0.4, 0.5) is 11.6 Å². The molecular formula is C15H16ClN5O3. The van der Waals surface area contributed by atoms with Crippen molar-refractivity contribution in [3.8, 4) is 5.75 Å². The molecule has 3 rings (SSSR count). The van der Waals surface area contributed by atoms with Gasteiger partial charge >= 0.3 is 0 Å². The van der Waals surface area contributed by atoms with Crippen LogP contribution in [-0.4, -0.2) is 33.7 Å². The van der Waals surface area contributed by atoms with Gasteiger partial charge in [0.05, 0.1) is 25.3 Å². The van der Waals surface area contributed by atoms with Crippen LogP contribution in [-0.2, 0) is 16.1 Å². The summed E-state index contributed by atoms with van der Waals surface area (Å²) in [6.07, 6.45) is 0.0137. The predicted octanol–water partition coefficient (Wildman–Crippen LogP) is 1.85. The summed E-state index contributed by atoms with van der Waals surface area (Å²) in [6, 6.07) is 4.92. The van der Waals surface area contributed by atoms with Gasteiger partial charge in [-0.15, -0.1) is 0 Å². The molecule has 2 N–H and O–H groups in total. The van der Waals surface area contributed by atoms with E-state index in [1.807, 2.05) is 0 Å². The van der Waals surface area contributed by atoms with Crippen LogP contribution in [0.3, 0.4) is 0 Å². The number of carbonyl (C=O) groups excluding carboxylic acids is 2. The number of hydrogen-bond donors (Lipinski definition) is 2. The van der Waals surface area contributed by atoms with E-state index in [0.717, 1.165) is 0 Å². The quantitative estimate of drug-likeness (QED) is 0.877. The summed E-state index contributed by atoms with van der Waals surface area (Å²) >= 11 is 5.94. The number of anilines is 2. The summed E-state index contributed by atoms with van der Waals surface area (Å²) in [5.41, 5.74) is 0.462. The van der Waals surface area contributed by atoms with E-state index in [1.54, 1.807) is 29.8 Å². The van der Waals surface area contributed by atoms with Crippen molar-refractivity contribution in [2.24, 2.45) is 5.92 Å². The average molecular weight is 350 g/mol. The molecular weight excluding hydrogens is 334 g/mol. The smallest absolute Gasteiger partial charge is 0.232 e. The molecule has 1 unspecified atom stereocenters. The summed E-state index contributed by atoms with van der Waals surface area (Å²) in [5, 5.41) is 10.0. The van der Waals surface area contributed by atoms with E-state index in [1.165, 1.54) is 7.11 Å². The lowest BCUT2D eigenvalue weighted by Crippen LogP contribution is -2.36. The Morgan fingerprint density at radius 2 is 2.33 bits per heavy atom. The number of carbonyl (C=O) groups is 2. The first-order valence-corrected chi connectivity index (χ1v) is 7.69. The number of nitrogens with zero attached hydrogens (tertiary/aromatic N) is 3. The fourth-order valence-corrected chi connectivity index (χ4v) is 2.71. The molecule has 1 aromatic heterocycles. The van der Waals surface area contributed by atoms with Crippen molar-refractivity contribution >= 4 is 35.1 Å². The molecule has 0 radical (unpaired) electrons. The number of ether oxygens (including phenoxy) is 1. The predicted molar refractivity (Wildman–Crippen MR) is 88.1 cm³/mol. The van der Waals surface area contributed by atoms with E-state index >= 15 is 0 Å². The molecule has 0 bridgehead atoms. The number of nitrogens with one attached hydrogen (secondary N) is 2. The molecule has 0 fully saturated rings. The van der Waals surface area contributed by atoms with E-state index in [4.69, 9.17) is 16.3 Å². The van der Waals surface area contributed by atoms with Gasteiger partial charge in [-0.1, -0.05) is 11.6 Å². The first-order valence-electron chi connectivity index (χ1n) is 7.32. The molecule has 0 aliphatic carbocycles. The maximum Gasteiger partial charge on any atom is 0.232 e. The van der Waals surface area contributed by atoms with Gasteiger partial charge in [-0.05, 0) is 25.1 Å². The van der Waals surface area contributed by atoms with Crippen molar-refractivity contribution in [2.45, 2.75) is 19.9 Å². The van der Waals surface area contributed by atoms with Gasteiger partial charge in [0.25, 0.3) is 0 Å². The molecule has 2 heterocycles. The molecule has 24 heavy (non-hydrogen) atoms. The van der Waals surface area contributed by atoms with Gasteiger partial charge in [0.2, 0.25) is 17.8 Å². The van der Waals surface area contributed by atoms with Crippen LogP contribution in [0.15, 0.2) is 18.2 Å². The number of aryl methyl sites for hydroxylation is 1. The minimum absolute atomic E-state index is 0.0137. The molecule has 0 saturated heterocycles. The third-order valence-electron chi connectivity index (χ3n) is 3.64. The highest BCUT2D eigenvalue weighted by Gasteiger charge is 2.30. The molecule has 1 aromatic carbocycles. The Labute approximate surface area is 143 Å². The van der Waals surface area contributed by atoms with Crippen LogP contribution in [0.25, 0.3) is 0 Å². The van der Waals surface area contributed by atoms with Crippen LogP contribution < -0.4 is 15.4 Å². The fourth-order valence-electron chi connectivity index (χ4n) is 2.54. The third-order valence-corrected chi connectivity index (χ3v) is 3.88. The van der Waals surface area contributed by atoms with Crippen LogP contribution in [0, 0.1) is 12.8 Å². The highest BCUT2D eigenvalue weighted by molar-refractivity contribution is 6.31. The van der Waals surface area contributed by atoms with E-state index in [0.29, 0.717) is 34.8 Å². The Morgan fingerprint density at radius 3 is 3.08 bits per heavy atom. The average Bonchev–Trinajstić information content (AvgIpc) is 2.87. The van der Waals surface area contributed by atoms with Crippen molar-refractivity contribution in [3.63, 3.8) is 0 Å². The first-order chi connectivity index (χ1) is 11.5. The van der Waals surface area contributed by atoms with Crippen molar-refractivity contribution < 1.29 is 14.3 Å². The van der Waals surface area contributed by atoms with Gasteiger partial charge in [-0.2, -0.15) is 10.1 Å². The number of hydrogen-bond acceptors (Lipinski definition) is 5. The Bertz CT molecular complexity index is 804. The molecule has 0 saturated carbocycles. The van der Waals surface area contributed by atoms with Crippen molar-refractivity contribution in [2.75, 3.05) is 17.7 Å². The standard InChI is InChI=1S/C15H16ClN5O3/c1-8-17-15-19-14(23)9(7-21(15)20-8)5-13(22)18-11-6-10(16)3-4-12(11)24-2/h3-4,6,9H,5,7H2,1-2H3,(H,18,22)(H,17,19,20,23). The lowest BCUT2D eigenvalue weighted by Gasteiger charge is -2.22. The Hall–Kier alpha value is -2.61. The van der Waals surface area contributed by atoms with Crippen molar-refractivity contribution in [1.29, 1.82) is 0 Å². The second-order valence-corrected chi connectivity index (χ2v) is 5.88. The summed E-state index contributed by atoms with van der Waals surface area (Å²) in [6.45, 7) is 2.05. The summed E-state index contributed by atoms with van der Waals surface area (Å²) in [5.74, 6) is 0.391. The second kappa shape index (κ2) is 6.48. The minimum atomic E-state index is -0.524. The Balaban J connectivity index is 1.69. The minimum Gasteiger partial charge on any atom is -0.495 e. The molecule has 2 aromatic rings. The number of amides is 2. The van der Waals surface area contributed by atoms with Crippen molar-refractivity contribution in [3.05, 3.63) is 29.0 Å². The van der Waals surface area contributed by atoms with Crippen LogP contribution in [0.1, 0.15) is 12.2 Å². The number of halogens is 1. The maximum absolute atomic E-state index is 12.3.